The van der Waals surface area contributed by atoms with Crippen molar-refractivity contribution in [3.63, 3.8) is 0 Å². The Balaban J connectivity index is 3.40. The van der Waals surface area contributed by atoms with E-state index in [1.54, 1.807) is 6.92 Å². The van der Waals surface area contributed by atoms with Crippen molar-refractivity contribution in [1.29, 1.82) is 0 Å². The second-order valence-corrected chi connectivity index (χ2v) is 3.85. The van der Waals surface area contributed by atoms with Gasteiger partial charge in [0.2, 0.25) is 6.35 Å². The van der Waals surface area contributed by atoms with Gasteiger partial charge in [-0.1, -0.05) is 4.57 Å². The summed E-state index contributed by atoms with van der Waals surface area (Å²) >= 11 is 0. The van der Waals surface area contributed by atoms with Crippen LogP contribution in [0.5, 0.6) is 0 Å². The molecule has 0 saturated heterocycles. The maximum Gasteiger partial charge on any atom is 0.367 e. The van der Waals surface area contributed by atoms with Crippen molar-refractivity contribution < 1.29 is 18.8 Å². The molecule has 0 amide bonds. The molecule has 0 heterocycles. The van der Waals surface area contributed by atoms with Crippen LogP contribution in [-0.4, -0.2) is 32.2 Å². The normalized spacial score (nSPS) is 11.0. The van der Waals surface area contributed by atoms with Crippen molar-refractivity contribution in [3.05, 3.63) is 0 Å². The number of hydrogen-bond donors (Lipinski definition) is 0. The first-order valence-electron chi connectivity index (χ1n) is 3.77. The Kier molecular flexibility index (Phi) is 6.91. The average molecular weight is 193 g/mol. The molecule has 0 spiro atoms. The first kappa shape index (κ1) is 11.5. The maximum atomic E-state index is 11.0. The first-order chi connectivity index (χ1) is 5.70. The molecule has 0 aromatic rings. The Morgan fingerprint density at radius 3 is 2.67 bits per heavy atom. The third-order valence-electron chi connectivity index (χ3n) is 1.14. The average Bonchev–Trinajstić information content (AvgIpc) is 2.02. The number of esters is 1. The van der Waals surface area contributed by atoms with Gasteiger partial charge in [-0.05, 0) is 6.92 Å². The zero-order valence-corrected chi connectivity index (χ0v) is 8.30. The number of carbonyl (C=O) groups is 1. The van der Waals surface area contributed by atoms with Gasteiger partial charge >= 0.3 is 13.8 Å². The van der Waals surface area contributed by atoms with Gasteiger partial charge in [-0.2, -0.15) is 0 Å². The van der Waals surface area contributed by atoms with Gasteiger partial charge in [0, 0.05) is 7.11 Å². The molecule has 70 valence electrons. The van der Waals surface area contributed by atoms with Crippen molar-refractivity contribution in [2.75, 3.05) is 26.2 Å². The summed E-state index contributed by atoms with van der Waals surface area (Å²) in [7, 11) is 0.0868. The van der Waals surface area contributed by atoms with Gasteiger partial charge in [0.05, 0.1) is 13.0 Å². The monoisotopic (exact) mass is 193 g/mol. The summed E-state index contributed by atoms with van der Waals surface area (Å²) in [5.74, 6) is -0.294. The Morgan fingerprint density at radius 2 is 2.17 bits per heavy atom. The fourth-order valence-electron chi connectivity index (χ4n) is 0.658. The van der Waals surface area contributed by atoms with Crippen molar-refractivity contribution in [3.8, 4) is 0 Å². The zero-order chi connectivity index (χ0) is 9.40. The summed E-state index contributed by atoms with van der Waals surface area (Å²) in [6, 6.07) is 0. The van der Waals surface area contributed by atoms with E-state index in [0.717, 1.165) is 0 Å². The summed E-state index contributed by atoms with van der Waals surface area (Å²) in [5.41, 5.74) is 0. The summed E-state index contributed by atoms with van der Waals surface area (Å²) < 4.78 is 20.3. The van der Waals surface area contributed by atoms with Crippen LogP contribution in [0.1, 0.15) is 13.3 Å². The van der Waals surface area contributed by atoms with Gasteiger partial charge in [-0.15, -0.1) is 0 Å². The predicted molar refractivity (Wildman–Crippen MR) is 45.6 cm³/mol. The molecule has 0 aliphatic carbocycles. The van der Waals surface area contributed by atoms with E-state index in [1.807, 2.05) is 0 Å². The van der Waals surface area contributed by atoms with Crippen molar-refractivity contribution >= 4 is 13.8 Å². The van der Waals surface area contributed by atoms with Gasteiger partial charge in [0.1, 0.15) is 0 Å². The molecule has 0 N–H and O–H groups in total. The molecule has 0 aromatic carbocycles. The lowest BCUT2D eigenvalue weighted by molar-refractivity contribution is -0.142. The van der Waals surface area contributed by atoms with E-state index in [4.69, 9.17) is 0 Å². The van der Waals surface area contributed by atoms with E-state index in [-0.39, 0.29) is 18.7 Å². The number of carbonyl (C=O) groups excluding carboxylic acids is 1. The number of methoxy groups -OCH3 is 1. The molecule has 5 heteroatoms. The molecule has 0 bridgehead atoms. The van der Waals surface area contributed by atoms with Crippen LogP contribution in [0.2, 0.25) is 0 Å². The van der Waals surface area contributed by atoms with Gasteiger partial charge < -0.3 is 9.47 Å². The molecule has 0 aliphatic heterocycles. The Bertz CT molecular complexity index is 139. The molecule has 0 rings (SSSR count). The van der Waals surface area contributed by atoms with E-state index in [2.05, 4.69) is 9.47 Å². The summed E-state index contributed by atoms with van der Waals surface area (Å²) in [6.45, 7) is 2.12. The third kappa shape index (κ3) is 6.25. The lowest BCUT2D eigenvalue weighted by Crippen LogP contribution is -2.05. The third-order valence-corrected chi connectivity index (χ3v) is 2.41. The smallest absolute Gasteiger partial charge is 0.367 e. The minimum absolute atomic E-state index is 0.215. The number of ether oxygens (including phenoxy) is 2. The molecular formula is C7H14O4P+. The van der Waals surface area contributed by atoms with Crippen LogP contribution in [0, 0.1) is 0 Å². The molecule has 4 nitrogen and oxygen atoms in total. The van der Waals surface area contributed by atoms with Crippen LogP contribution in [0.25, 0.3) is 0 Å². The van der Waals surface area contributed by atoms with E-state index in [0.29, 0.717) is 12.8 Å². The van der Waals surface area contributed by atoms with Gasteiger partial charge in [-0.25, -0.2) is 0 Å². The topological polar surface area (TPSA) is 52.6 Å². The Hall–Kier alpha value is -0.470. The first-order valence-corrected chi connectivity index (χ1v) is 5.40. The predicted octanol–water partition coefficient (Wildman–Crippen LogP) is 1.37. The molecule has 0 radical (unpaired) electrons. The number of rotatable bonds is 6. The van der Waals surface area contributed by atoms with Crippen LogP contribution < -0.4 is 0 Å². The lowest BCUT2D eigenvalue weighted by atomic mass is 10.5. The summed E-state index contributed by atoms with van der Waals surface area (Å²) in [6.07, 6.45) is 0.781. The minimum Gasteiger partial charge on any atom is -0.466 e. The van der Waals surface area contributed by atoms with Crippen molar-refractivity contribution in [2.24, 2.45) is 0 Å². The molecule has 0 aliphatic rings. The largest absolute Gasteiger partial charge is 0.466 e. The Morgan fingerprint density at radius 1 is 1.50 bits per heavy atom. The SMILES string of the molecule is CCOC(=O)CC[P+](=O)COC. The van der Waals surface area contributed by atoms with Gasteiger partial charge in [0.15, 0.2) is 6.16 Å². The molecule has 0 aromatic heterocycles. The van der Waals surface area contributed by atoms with Crippen LogP contribution >= 0.6 is 7.80 Å². The van der Waals surface area contributed by atoms with Crippen molar-refractivity contribution in [2.45, 2.75) is 13.3 Å². The lowest BCUT2D eigenvalue weighted by Gasteiger charge is -1.95. The standard InChI is InChI=1S/C7H14O4P/c1-3-11-7(8)4-5-12(9)6-10-2/h3-6H2,1-2H3/q+1. The van der Waals surface area contributed by atoms with E-state index < -0.39 is 7.80 Å². The highest BCUT2D eigenvalue weighted by molar-refractivity contribution is 7.44. The quantitative estimate of drug-likeness (QED) is 0.472. The summed E-state index contributed by atoms with van der Waals surface area (Å²) in [5, 5.41) is 0. The fourth-order valence-corrected chi connectivity index (χ4v) is 1.51. The molecule has 1 atom stereocenters. The molecule has 0 fully saturated rings. The summed E-state index contributed by atoms with van der Waals surface area (Å²) in [4.78, 5) is 10.8. The second kappa shape index (κ2) is 7.19. The van der Waals surface area contributed by atoms with Gasteiger partial charge in [0.25, 0.3) is 0 Å². The van der Waals surface area contributed by atoms with Crippen LogP contribution in [-0.2, 0) is 18.8 Å². The van der Waals surface area contributed by atoms with Crippen molar-refractivity contribution in [1.82, 2.24) is 0 Å². The van der Waals surface area contributed by atoms with Gasteiger partial charge in [-0.3, -0.25) is 4.79 Å². The van der Waals surface area contributed by atoms with Crippen LogP contribution in [0.3, 0.4) is 0 Å². The molecule has 1 unspecified atom stereocenters. The highest BCUT2D eigenvalue weighted by Crippen LogP contribution is 2.20. The second-order valence-electron chi connectivity index (χ2n) is 2.18. The zero-order valence-electron chi connectivity index (χ0n) is 7.41. The maximum absolute atomic E-state index is 11.0. The van der Waals surface area contributed by atoms with E-state index >= 15 is 0 Å². The Labute approximate surface area is 73.0 Å². The molecule has 0 saturated carbocycles. The molecule has 12 heavy (non-hydrogen) atoms. The van der Waals surface area contributed by atoms with E-state index in [1.165, 1.54) is 7.11 Å². The minimum atomic E-state index is -1.40. The highest BCUT2D eigenvalue weighted by atomic mass is 31.1. The van der Waals surface area contributed by atoms with E-state index in [9.17, 15) is 9.36 Å². The van der Waals surface area contributed by atoms with Crippen LogP contribution in [0.15, 0.2) is 0 Å². The number of hydrogen-bond acceptors (Lipinski definition) is 4. The molecular weight excluding hydrogens is 179 g/mol. The van der Waals surface area contributed by atoms with Crippen LogP contribution in [0.4, 0.5) is 0 Å². The fraction of sp³-hybridized carbons (Fsp3) is 0.857. The highest BCUT2D eigenvalue weighted by Gasteiger charge is 2.16.